The highest BCUT2D eigenvalue weighted by Crippen LogP contribution is 2.33. The van der Waals surface area contributed by atoms with E-state index in [1.807, 2.05) is 20.8 Å². The number of carbonyl (C=O) groups is 1. The Balaban J connectivity index is 0.000000329. The molecule has 0 unspecified atom stereocenters. The van der Waals surface area contributed by atoms with Gasteiger partial charge >= 0.3 is 11.8 Å². The lowest BCUT2D eigenvalue weighted by molar-refractivity contribution is 0.168. The van der Waals surface area contributed by atoms with E-state index in [0.717, 1.165) is 43.0 Å². The lowest BCUT2D eigenvalue weighted by Gasteiger charge is -2.07. The second-order valence-electron chi connectivity index (χ2n) is 7.06. The number of hydrogen-bond acceptors (Lipinski definition) is 8. The number of aromatic nitrogens is 4. The van der Waals surface area contributed by atoms with E-state index in [-0.39, 0.29) is 20.5 Å². The average Bonchev–Trinajstić information content (AvgIpc) is 3.16. The second-order valence-corrected chi connectivity index (χ2v) is 9.86. The third-order valence-electron chi connectivity index (χ3n) is 5.04. The molecule has 0 aliphatic carbocycles. The zero-order valence-electron chi connectivity index (χ0n) is 18.8. The Kier molecular flexibility index (Phi) is 10.5. The highest BCUT2D eigenvalue weighted by Gasteiger charge is 2.14. The van der Waals surface area contributed by atoms with Gasteiger partial charge in [0.25, 0.3) is 0 Å². The number of nitrogens with one attached hydrogen (secondary N) is 3. The fourth-order valence-corrected chi connectivity index (χ4v) is 5.60. The molecular formula is C23H33N5O3S3. The first-order chi connectivity index (χ1) is 15.2. The Morgan fingerprint density at radius 3 is 2.09 bits per heavy atom. The quantitative estimate of drug-likeness (QED) is 0.250. The standard InChI is InChI=1S/C11H13N3O2S2.C10H12N2OS.2CH4/c1-4-16-11(15)13-8-7-5(2)6(3)18-9(7)14-10(17)12-8;1-4-7-8-5(2)6(3)14-9(8)12-10(13)11-7;;/h4H2,1-3H3,(H2,12,13,14,15,17);4H2,1-3H3,(H,11,12,13);2*1H4. The van der Waals surface area contributed by atoms with E-state index in [9.17, 15) is 9.59 Å². The molecule has 0 bridgehead atoms. The molecule has 0 saturated carbocycles. The van der Waals surface area contributed by atoms with E-state index in [1.165, 1.54) is 10.4 Å². The normalized spacial score (nSPS) is 10.2. The van der Waals surface area contributed by atoms with Gasteiger partial charge < -0.3 is 14.7 Å². The summed E-state index contributed by atoms with van der Waals surface area (Å²) in [4.78, 5) is 40.7. The molecule has 0 fully saturated rings. The minimum atomic E-state index is -0.501. The van der Waals surface area contributed by atoms with Gasteiger partial charge in [-0.25, -0.2) is 14.6 Å². The maximum atomic E-state index is 11.5. The van der Waals surface area contributed by atoms with Gasteiger partial charge in [-0.3, -0.25) is 5.32 Å². The first-order valence-corrected chi connectivity index (χ1v) is 12.1. The van der Waals surface area contributed by atoms with Gasteiger partial charge in [-0.2, -0.15) is 4.98 Å². The van der Waals surface area contributed by atoms with Crippen molar-refractivity contribution in [2.45, 2.75) is 62.8 Å². The fraction of sp³-hybridized carbons (Fsp3) is 0.435. The molecule has 4 aromatic heterocycles. The van der Waals surface area contributed by atoms with Gasteiger partial charge in [-0.1, -0.05) is 21.8 Å². The number of rotatable bonds is 3. The third kappa shape index (κ3) is 6.08. The number of aryl methyl sites for hydroxylation is 5. The summed E-state index contributed by atoms with van der Waals surface area (Å²) >= 11 is 8.19. The van der Waals surface area contributed by atoms with Crippen molar-refractivity contribution in [1.82, 2.24) is 19.9 Å². The molecule has 0 aliphatic heterocycles. The SMILES string of the molecule is C.C.CCOC(=O)Nc1[nH]c(=S)nc2sc(C)c(C)c12.CCc1[nH]c(=O)nc2sc(C)c(C)c12. The highest BCUT2D eigenvalue weighted by molar-refractivity contribution is 7.71. The summed E-state index contributed by atoms with van der Waals surface area (Å²) in [7, 11) is 0. The van der Waals surface area contributed by atoms with Crippen LogP contribution in [-0.4, -0.2) is 32.6 Å². The van der Waals surface area contributed by atoms with E-state index in [0.29, 0.717) is 17.2 Å². The molecule has 0 saturated heterocycles. The minimum absolute atomic E-state index is 0. The van der Waals surface area contributed by atoms with Crippen molar-refractivity contribution in [3.8, 4) is 0 Å². The van der Waals surface area contributed by atoms with Crippen LogP contribution in [0, 0.1) is 32.5 Å². The molecule has 0 radical (unpaired) electrons. The van der Waals surface area contributed by atoms with Gasteiger partial charge in [-0.15, -0.1) is 22.7 Å². The first kappa shape index (κ1) is 29.4. The van der Waals surface area contributed by atoms with Crippen LogP contribution in [0.3, 0.4) is 0 Å². The molecule has 4 heterocycles. The van der Waals surface area contributed by atoms with Crippen molar-refractivity contribution < 1.29 is 9.53 Å². The molecule has 0 atom stereocenters. The Bertz CT molecular complexity index is 1420. The third-order valence-corrected chi connectivity index (χ3v) is 7.43. The van der Waals surface area contributed by atoms with Crippen LogP contribution in [0.4, 0.5) is 10.6 Å². The van der Waals surface area contributed by atoms with Crippen LogP contribution in [0.25, 0.3) is 20.4 Å². The van der Waals surface area contributed by atoms with Crippen molar-refractivity contribution >= 4 is 67.2 Å². The van der Waals surface area contributed by atoms with Gasteiger partial charge in [0, 0.05) is 20.8 Å². The molecule has 1 amide bonds. The number of amides is 1. The number of anilines is 1. The molecule has 0 spiro atoms. The van der Waals surface area contributed by atoms with Crippen LogP contribution in [0.15, 0.2) is 4.79 Å². The lowest BCUT2D eigenvalue weighted by atomic mass is 10.1. The Morgan fingerprint density at radius 1 is 0.971 bits per heavy atom. The van der Waals surface area contributed by atoms with Gasteiger partial charge in [0.1, 0.15) is 15.5 Å². The van der Waals surface area contributed by atoms with Crippen molar-refractivity contribution in [2.24, 2.45) is 0 Å². The Labute approximate surface area is 212 Å². The zero-order valence-corrected chi connectivity index (χ0v) is 21.2. The van der Waals surface area contributed by atoms with Gasteiger partial charge in [0.05, 0.1) is 12.0 Å². The average molecular weight is 524 g/mol. The summed E-state index contributed by atoms with van der Waals surface area (Å²) in [5.74, 6) is 0.547. The maximum Gasteiger partial charge on any atom is 0.412 e. The molecule has 34 heavy (non-hydrogen) atoms. The molecule has 186 valence electrons. The summed E-state index contributed by atoms with van der Waals surface area (Å²) < 4.78 is 5.20. The van der Waals surface area contributed by atoms with Crippen molar-refractivity contribution in [1.29, 1.82) is 0 Å². The van der Waals surface area contributed by atoms with Gasteiger partial charge in [0.15, 0.2) is 4.77 Å². The van der Waals surface area contributed by atoms with E-state index in [2.05, 4.69) is 39.1 Å². The molecule has 0 aromatic carbocycles. The summed E-state index contributed by atoms with van der Waals surface area (Å²) in [5, 5.41) is 4.69. The molecule has 4 aromatic rings. The number of fused-ring (bicyclic) bond motifs is 2. The number of ether oxygens (including phenoxy) is 1. The van der Waals surface area contributed by atoms with E-state index in [1.54, 1.807) is 29.6 Å². The maximum absolute atomic E-state index is 11.5. The number of carbonyl (C=O) groups excluding carboxylic acids is 1. The molecular weight excluding hydrogens is 490 g/mol. The molecule has 0 aliphatic rings. The molecule has 3 N–H and O–H groups in total. The lowest BCUT2D eigenvalue weighted by Crippen LogP contribution is -2.14. The van der Waals surface area contributed by atoms with Crippen LogP contribution >= 0.6 is 34.9 Å². The fourth-order valence-electron chi connectivity index (χ4n) is 3.25. The van der Waals surface area contributed by atoms with Crippen LogP contribution < -0.4 is 11.0 Å². The predicted octanol–water partition coefficient (Wildman–Crippen LogP) is 6.98. The summed E-state index contributed by atoms with van der Waals surface area (Å²) in [6.45, 7) is 12.3. The topological polar surface area (TPSA) is 113 Å². The van der Waals surface area contributed by atoms with Crippen LogP contribution in [0.1, 0.15) is 55.3 Å². The van der Waals surface area contributed by atoms with Crippen molar-refractivity contribution in [3.05, 3.63) is 41.8 Å². The van der Waals surface area contributed by atoms with E-state index < -0.39 is 6.09 Å². The monoisotopic (exact) mass is 523 g/mol. The summed E-state index contributed by atoms with van der Waals surface area (Å²) in [6.07, 6.45) is 0.338. The largest absolute Gasteiger partial charge is 0.450 e. The summed E-state index contributed by atoms with van der Waals surface area (Å²) in [6, 6.07) is 0. The number of nitrogens with zero attached hydrogens (tertiary/aromatic N) is 2. The first-order valence-electron chi connectivity index (χ1n) is 10.1. The van der Waals surface area contributed by atoms with Crippen molar-refractivity contribution in [2.75, 3.05) is 11.9 Å². The highest BCUT2D eigenvalue weighted by atomic mass is 32.1. The van der Waals surface area contributed by atoms with Crippen LogP contribution in [0.5, 0.6) is 0 Å². The Morgan fingerprint density at radius 2 is 1.53 bits per heavy atom. The van der Waals surface area contributed by atoms with Gasteiger partial charge in [-0.05, 0) is 64.4 Å². The summed E-state index contributed by atoms with van der Waals surface area (Å²) in [5.41, 5.74) is 3.09. The molecule has 8 nitrogen and oxygen atoms in total. The molecule has 11 heteroatoms. The van der Waals surface area contributed by atoms with E-state index >= 15 is 0 Å². The van der Waals surface area contributed by atoms with Crippen molar-refractivity contribution in [3.63, 3.8) is 0 Å². The number of thiophene rings is 2. The zero-order chi connectivity index (χ0) is 23.6. The smallest absolute Gasteiger partial charge is 0.412 e. The van der Waals surface area contributed by atoms with Gasteiger partial charge in [0.2, 0.25) is 0 Å². The Hall–Kier alpha value is -2.63. The molecule has 4 rings (SSSR count). The van der Waals surface area contributed by atoms with Crippen LogP contribution in [-0.2, 0) is 11.2 Å². The number of aromatic amines is 2. The number of hydrogen-bond donors (Lipinski definition) is 3. The van der Waals surface area contributed by atoms with Crippen LogP contribution in [0.2, 0.25) is 0 Å². The number of H-pyrrole nitrogens is 2. The second kappa shape index (κ2) is 12.2. The predicted molar refractivity (Wildman–Crippen MR) is 147 cm³/mol. The van der Waals surface area contributed by atoms with E-state index in [4.69, 9.17) is 17.0 Å². The minimum Gasteiger partial charge on any atom is -0.450 e.